The Morgan fingerprint density at radius 1 is 1.39 bits per heavy atom. The van der Waals surface area contributed by atoms with Gasteiger partial charge in [0.15, 0.2) is 0 Å². The van der Waals surface area contributed by atoms with Gasteiger partial charge in [-0.1, -0.05) is 0 Å². The van der Waals surface area contributed by atoms with Crippen LogP contribution in [0.25, 0.3) is 0 Å². The summed E-state index contributed by atoms with van der Waals surface area (Å²) in [5, 5.41) is 0. The molecule has 2 heterocycles. The van der Waals surface area contributed by atoms with Gasteiger partial charge in [0.2, 0.25) is 0 Å². The number of furan rings is 1. The van der Waals surface area contributed by atoms with Crippen LogP contribution in [0.3, 0.4) is 0 Å². The van der Waals surface area contributed by atoms with Gasteiger partial charge in [0, 0.05) is 25.7 Å². The highest BCUT2D eigenvalue weighted by molar-refractivity contribution is 5.10. The number of aryl methyl sites for hydroxylation is 1. The molecule has 0 aromatic carbocycles. The molecular formula is C14H25N3O. The zero-order chi connectivity index (χ0) is 13.1. The Kier molecular flexibility index (Phi) is 4.43. The Morgan fingerprint density at radius 2 is 2.06 bits per heavy atom. The molecule has 1 unspecified atom stereocenters. The lowest BCUT2D eigenvalue weighted by Crippen LogP contribution is -2.44. The van der Waals surface area contributed by atoms with Crippen molar-refractivity contribution in [1.82, 2.24) is 9.80 Å². The van der Waals surface area contributed by atoms with Crippen LogP contribution >= 0.6 is 0 Å². The van der Waals surface area contributed by atoms with Gasteiger partial charge in [0.25, 0.3) is 0 Å². The van der Waals surface area contributed by atoms with E-state index in [1.165, 1.54) is 12.8 Å². The molecular weight excluding hydrogens is 226 g/mol. The smallest absolute Gasteiger partial charge is 0.122 e. The molecule has 1 aromatic rings. The number of piperidine rings is 1. The van der Waals surface area contributed by atoms with Crippen LogP contribution in [-0.4, -0.2) is 49.6 Å². The van der Waals surface area contributed by atoms with Gasteiger partial charge in [-0.15, -0.1) is 0 Å². The highest BCUT2D eigenvalue weighted by atomic mass is 16.3. The molecule has 2 rings (SSSR count). The minimum Gasteiger partial charge on any atom is -0.465 e. The fraction of sp³-hybridized carbons (Fsp3) is 0.714. The molecule has 0 bridgehead atoms. The zero-order valence-corrected chi connectivity index (χ0v) is 11.7. The molecule has 1 atom stereocenters. The molecule has 1 saturated heterocycles. The van der Waals surface area contributed by atoms with E-state index in [-0.39, 0.29) is 6.04 Å². The zero-order valence-electron chi connectivity index (χ0n) is 11.7. The molecule has 1 aromatic heterocycles. The lowest BCUT2D eigenvalue weighted by Gasteiger charge is -2.38. The molecule has 102 valence electrons. The summed E-state index contributed by atoms with van der Waals surface area (Å²) in [5.41, 5.74) is 5.93. The van der Waals surface area contributed by atoms with E-state index in [0.717, 1.165) is 24.6 Å². The molecule has 0 saturated carbocycles. The van der Waals surface area contributed by atoms with Crippen LogP contribution in [0.15, 0.2) is 16.5 Å². The average molecular weight is 251 g/mol. The molecule has 0 spiro atoms. The Hall–Kier alpha value is -0.840. The van der Waals surface area contributed by atoms with Crippen molar-refractivity contribution in [2.24, 2.45) is 5.73 Å². The second-order valence-corrected chi connectivity index (χ2v) is 5.43. The van der Waals surface area contributed by atoms with Crippen molar-refractivity contribution in [2.75, 3.05) is 33.7 Å². The predicted molar refractivity (Wildman–Crippen MR) is 73.5 cm³/mol. The van der Waals surface area contributed by atoms with Crippen molar-refractivity contribution in [3.8, 4) is 0 Å². The van der Waals surface area contributed by atoms with Gasteiger partial charge < -0.3 is 15.1 Å². The van der Waals surface area contributed by atoms with Gasteiger partial charge in [0.1, 0.15) is 11.5 Å². The minimum atomic E-state index is 0.238. The summed E-state index contributed by atoms with van der Waals surface area (Å²) >= 11 is 0. The summed E-state index contributed by atoms with van der Waals surface area (Å²) in [4.78, 5) is 4.78. The number of rotatable bonds is 4. The van der Waals surface area contributed by atoms with Gasteiger partial charge in [0.05, 0.1) is 6.04 Å². The summed E-state index contributed by atoms with van der Waals surface area (Å²) < 4.78 is 5.73. The lowest BCUT2D eigenvalue weighted by molar-refractivity contribution is 0.101. The summed E-state index contributed by atoms with van der Waals surface area (Å²) in [6, 6.07) is 5.02. The average Bonchev–Trinajstić information content (AvgIpc) is 2.77. The van der Waals surface area contributed by atoms with E-state index < -0.39 is 0 Å². The topological polar surface area (TPSA) is 45.6 Å². The van der Waals surface area contributed by atoms with Gasteiger partial charge >= 0.3 is 0 Å². The number of nitrogens with two attached hydrogens (primary N) is 1. The van der Waals surface area contributed by atoms with E-state index in [9.17, 15) is 0 Å². The third-order valence-corrected chi connectivity index (χ3v) is 3.98. The molecule has 18 heavy (non-hydrogen) atoms. The summed E-state index contributed by atoms with van der Waals surface area (Å²) in [5.74, 6) is 1.98. The largest absolute Gasteiger partial charge is 0.465 e. The van der Waals surface area contributed by atoms with Gasteiger partial charge in [-0.25, -0.2) is 0 Å². The second kappa shape index (κ2) is 5.87. The Balaban J connectivity index is 1.98. The normalized spacial score (nSPS) is 20.5. The first-order valence-electron chi connectivity index (χ1n) is 6.78. The van der Waals surface area contributed by atoms with Crippen molar-refractivity contribution in [3.63, 3.8) is 0 Å². The monoisotopic (exact) mass is 251 g/mol. The minimum absolute atomic E-state index is 0.238. The SMILES string of the molecule is Cc1ccc(C(CN)N2CCC(N(C)C)CC2)o1. The molecule has 1 aliphatic heterocycles. The Labute approximate surface area is 110 Å². The van der Waals surface area contributed by atoms with Crippen LogP contribution in [0.2, 0.25) is 0 Å². The van der Waals surface area contributed by atoms with Crippen molar-refractivity contribution >= 4 is 0 Å². The first-order chi connectivity index (χ1) is 8.61. The summed E-state index contributed by atoms with van der Waals surface area (Å²) in [6.07, 6.45) is 2.42. The lowest BCUT2D eigenvalue weighted by atomic mass is 10.0. The van der Waals surface area contributed by atoms with E-state index >= 15 is 0 Å². The maximum absolute atomic E-state index is 5.93. The molecule has 1 fully saturated rings. The highest BCUT2D eigenvalue weighted by Gasteiger charge is 2.27. The number of likely N-dealkylation sites (tertiary alicyclic amines) is 1. The van der Waals surface area contributed by atoms with E-state index in [1.807, 2.05) is 13.0 Å². The maximum atomic E-state index is 5.93. The first kappa shape index (κ1) is 13.6. The molecule has 0 aliphatic carbocycles. The first-order valence-corrected chi connectivity index (χ1v) is 6.78. The van der Waals surface area contributed by atoms with Crippen LogP contribution in [0.4, 0.5) is 0 Å². The Morgan fingerprint density at radius 3 is 2.50 bits per heavy atom. The molecule has 0 radical (unpaired) electrons. The van der Waals surface area contributed by atoms with Crippen LogP contribution in [0, 0.1) is 6.92 Å². The number of hydrogen-bond donors (Lipinski definition) is 1. The second-order valence-electron chi connectivity index (χ2n) is 5.43. The van der Waals surface area contributed by atoms with Crippen LogP contribution in [-0.2, 0) is 0 Å². The highest BCUT2D eigenvalue weighted by Crippen LogP contribution is 2.26. The molecule has 0 amide bonds. The molecule has 4 nitrogen and oxygen atoms in total. The quantitative estimate of drug-likeness (QED) is 0.883. The summed E-state index contributed by atoms with van der Waals surface area (Å²) in [6.45, 7) is 4.81. The third kappa shape index (κ3) is 2.94. The van der Waals surface area contributed by atoms with Crippen molar-refractivity contribution < 1.29 is 4.42 Å². The summed E-state index contributed by atoms with van der Waals surface area (Å²) in [7, 11) is 4.33. The van der Waals surface area contributed by atoms with Crippen molar-refractivity contribution in [2.45, 2.75) is 31.8 Å². The van der Waals surface area contributed by atoms with Gasteiger partial charge in [-0.05, 0) is 46.0 Å². The molecule has 1 aliphatic rings. The Bertz CT molecular complexity index is 367. The number of nitrogens with zero attached hydrogens (tertiary/aromatic N) is 2. The van der Waals surface area contributed by atoms with Crippen LogP contribution in [0.1, 0.15) is 30.4 Å². The van der Waals surface area contributed by atoms with E-state index in [1.54, 1.807) is 0 Å². The fourth-order valence-electron chi connectivity index (χ4n) is 2.79. The maximum Gasteiger partial charge on any atom is 0.122 e. The van der Waals surface area contributed by atoms with Crippen LogP contribution in [0.5, 0.6) is 0 Å². The standard InChI is InChI=1S/C14H25N3O/c1-11-4-5-14(18-11)13(10-15)17-8-6-12(7-9-17)16(2)3/h4-5,12-13H,6-10,15H2,1-3H3. The molecule has 2 N–H and O–H groups in total. The predicted octanol–water partition coefficient (Wildman–Crippen LogP) is 1.61. The van der Waals surface area contributed by atoms with E-state index in [4.69, 9.17) is 10.2 Å². The van der Waals surface area contributed by atoms with Gasteiger partial charge in [-0.3, -0.25) is 4.90 Å². The van der Waals surface area contributed by atoms with Crippen LogP contribution < -0.4 is 5.73 Å². The number of hydrogen-bond acceptors (Lipinski definition) is 4. The molecule has 4 heteroatoms. The van der Waals surface area contributed by atoms with Crippen molar-refractivity contribution in [1.29, 1.82) is 0 Å². The van der Waals surface area contributed by atoms with E-state index in [2.05, 4.69) is 30.0 Å². The van der Waals surface area contributed by atoms with Gasteiger partial charge in [-0.2, -0.15) is 0 Å². The van der Waals surface area contributed by atoms with Crippen molar-refractivity contribution in [3.05, 3.63) is 23.7 Å². The third-order valence-electron chi connectivity index (χ3n) is 3.98. The van der Waals surface area contributed by atoms with E-state index in [0.29, 0.717) is 12.6 Å². The fourth-order valence-corrected chi connectivity index (χ4v) is 2.79.